The van der Waals surface area contributed by atoms with Gasteiger partial charge in [0.2, 0.25) is 0 Å². The third-order valence-electron chi connectivity index (χ3n) is 3.78. The van der Waals surface area contributed by atoms with E-state index in [1.54, 1.807) is 0 Å². The van der Waals surface area contributed by atoms with Gasteiger partial charge in [-0.1, -0.05) is 15.9 Å². The van der Waals surface area contributed by atoms with Crippen LogP contribution in [0.3, 0.4) is 0 Å². The molecule has 1 saturated heterocycles. The molecule has 5 heteroatoms. The maximum absolute atomic E-state index is 12.4. The van der Waals surface area contributed by atoms with Gasteiger partial charge in [0.25, 0.3) is 5.91 Å². The topological polar surface area (TPSA) is 54.3 Å². The van der Waals surface area contributed by atoms with Gasteiger partial charge in [-0.2, -0.15) is 0 Å². The Balaban J connectivity index is 1.85. The van der Waals surface area contributed by atoms with E-state index in [4.69, 9.17) is 4.42 Å². The molecular formula is C15H17BrN2O2. The van der Waals surface area contributed by atoms with Gasteiger partial charge in [-0.3, -0.25) is 4.79 Å². The van der Waals surface area contributed by atoms with E-state index in [1.165, 1.54) is 0 Å². The SMILES string of the molecule is Cc1c(C(=O)NC2CCNCC2)oc2ccc(Br)cc12. The minimum Gasteiger partial charge on any atom is -0.451 e. The molecule has 1 aromatic carbocycles. The number of carbonyl (C=O) groups is 1. The van der Waals surface area contributed by atoms with Gasteiger partial charge in [-0.05, 0) is 51.1 Å². The number of carbonyl (C=O) groups excluding carboxylic acids is 1. The lowest BCUT2D eigenvalue weighted by Gasteiger charge is -2.23. The third kappa shape index (κ3) is 2.60. The molecule has 4 nitrogen and oxygen atoms in total. The van der Waals surface area contributed by atoms with Crippen molar-refractivity contribution in [2.45, 2.75) is 25.8 Å². The highest BCUT2D eigenvalue weighted by atomic mass is 79.9. The second kappa shape index (κ2) is 5.58. The van der Waals surface area contributed by atoms with Crippen molar-refractivity contribution in [1.29, 1.82) is 0 Å². The van der Waals surface area contributed by atoms with Gasteiger partial charge in [-0.25, -0.2) is 0 Å². The van der Waals surface area contributed by atoms with E-state index in [-0.39, 0.29) is 11.9 Å². The molecule has 1 aliphatic heterocycles. The van der Waals surface area contributed by atoms with Gasteiger partial charge in [0.15, 0.2) is 5.76 Å². The summed E-state index contributed by atoms with van der Waals surface area (Å²) in [6.45, 7) is 3.84. The Hall–Kier alpha value is -1.33. The predicted molar refractivity (Wildman–Crippen MR) is 82.0 cm³/mol. The standard InChI is InChI=1S/C15H17BrN2O2/c1-9-12-8-10(16)2-3-13(12)20-14(9)15(19)18-11-4-6-17-7-5-11/h2-3,8,11,17H,4-7H2,1H3,(H,18,19). The van der Waals surface area contributed by atoms with Crippen LogP contribution in [-0.4, -0.2) is 25.0 Å². The smallest absolute Gasteiger partial charge is 0.287 e. The van der Waals surface area contributed by atoms with Crippen molar-refractivity contribution in [3.63, 3.8) is 0 Å². The van der Waals surface area contributed by atoms with Crippen molar-refractivity contribution < 1.29 is 9.21 Å². The van der Waals surface area contributed by atoms with Gasteiger partial charge in [0, 0.05) is 21.5 Å². The molecule has 0 spiro atoms. The first-order valence-electron chi connectivity index (χ1n) is 6.85. The van der Waals surface area contributed by atoms with E-state index < -0.39 is 0 Å². The van der Waals surface area contributed by atoms with Crippen molar-refractivity contribution in [3.8, 4) is 0 Å². The molecule has 0 aliphatic carbocycles. The summed E-state index contributed by atoms with van der Waals surface area (Å²) in [7, 11) is 0. The average molecular weight is 337 g/mol. The predicted octanol–water partition coefficient (Wildman–Crippen LogP) is 2.99. The van der Waals surface area contributed by atoms with Crippen LogP contribution in [0.1, 0.15) is 29.0 Å². The number of hydrogen-bond donors (Lipinski definition) is 2. The van der Waals surface area contributed by atoms with E-state index in [1.807, 2.05) is 25.1 Å². The van der Waals surface area contributed by atoms with Crippen LogP contribution >= 0.6 is 15.9 Å². The second-order valence-corrected chi connectivity index (χ2v) is 6.11. The molecule has 1 fully saturated rings. The summed E-state index contributed by atoms with van der Waals surface area (Å²) in [4.78, 5) is 12.4. The number of rotatable bonds is 2. The molecule has 1 amide bonds. The number of fused-ring (bicyclic) bond motifs is 1. The zero-order chi connectivity index (χ0) is 14.1. The van der Waals surface area contributed by atoms with Gasteiger partial charge in [0.05, 0.1) is 0 Å². The average Bonchev–Trinajstić information content (AvgIpc) is 2.77. The summed E-state index contributed by atoms with van der Waals surface area (Å²) in [6.07, 6.45) is 1.94. The highest BCUT2D eigenvalue weighted by Gasteiger charge is 2.21. The van der Waals surface area contributed by atoms with Crippen molar-refractivity contribution in [3.05, 3.63) is 34.0 Å². The van der Waals surface area contributed by atoms with Crippen LogP contribution in [0, 0.1) is 6.92 Å². The number of halogens is 1. The lowest BCUT2D eigenvalue weighted by atomic mass is 10.1. The Morgan fingerprint density at radius 1 is 1.40 bits per heavy atom. The number of hydrogen-bond acceptors (Lipinski definition) is 3. The highest BCUT2D eigenvalue weighted by Crippen LogP contribution is 2.28. The van der Waals surface area contributed by atoms with Gasteiger partial charge in [-0.15, -0.1) is 0 Å². The van der Waals surface area contributed by atoms with Crippen molar-refractivity contribution >= 4 is 32.8 Å². The number of amides is 1. The van der Waals surface area contributed by atoms with Crippen LogP contribution in [0.25, 0.3) is 11.0 Å². The third-order valence-corrected chi connectivity index (χ3v) is 4.27. The van der Waals surface area contributed by atoms with E-state index in [0.717, 1.165) is 46.9 Å². The molecule has 2 N–H and O–H groups in total. The second-order valence-electron chi connectivity index (χ2n) is 5.19. The summed E-state index contributed by atoms with van der Waals surface area (Å²) >= 11 is 3.44. The molecule has 0 bridgehead atoms. The van der Waals surface area contributed by atoms with Gasteiger partial charge >= 0.3 is 0 Å². The van der Waals surface area contributed by atoms with Crippen LogP contribution < -0.4 is 10.6 Å². The van der Waals surface area contributed by atoms with Crippen LogP contribution in [0.2, 0.25) is 0 Å². The molecule has 106 valence electrons. The number of benzene rings is 1. The molecule has 1 aromatic heterocycles. The van der Waals surface area contributed by atoms with Crippen molar-refractivity contribution in [2.75, 3.05) is 13.1 Å². The zero-order valence-electron chi connectivity index (χ0n) is 11.3. The number of aryl methyl sites for hydroxylation is 1. The van der Waals surface area contributed by atoms with Crippen LogP contribution in [0.4, 0.5) is 0 Å². The largest absolute Gasteiger partial charge is 0.451 e. The fraction of sp³-hybridized carbons (Fsp3) is 0.400. The molecule has 0 unspecified atom stereocenters. The number of piperidine rings is 1. The van der Waals surface area contributed by atoms with Crippen LogP contribution in [0.15, 0.2) is 27.1 Å². The molecule has 0 atom stereocenters. The molecule has 2 heterocycles. The van der Waals surface area contributed by atoms with E-state index >= 15 is 0 Å². The minimum atomic E-state index is -0.110. The molecule has 0 radical (unpaired) electrons. The molecule has 1 aliphatic rings. The quantitative estimate of drug-likeness (QED) is 0.886. The lowest BCUT2D eigenvalue weighted by Crippen LogP contribution is -2.42. The Bertz CT molecular complexity index is 645. The maximum atomic E-state index is 12.4. The van der Waals surface area contributed by atoms with Crippen LogP contribution in [-0.2, 0) is 0 Å². The zero-order valence-corrected chi connectivity index (χ0v) is 12.9. The molecular weight excluding hydrogens is 320 g/mol. The first kappa shape index (κ1) is 13.6. The Morgan fingerprint density at radius 3 is 2.90 bits per heavy atom. The molecule has 2 aromatic rings. The molecule has 20 heavy (non-hydrogen) atoms. The summed E-state index contributed by atoms with van der Waals surface area (Å²) < 4.78 is 6.69. The number of furan rings is 1. The normalized spacial score (nSPS) is 16.5. The summed E-state index contributed by atoms with van der Waals surface area (Å²) in [5.41, 5.74) is 1.65. The lowest BCUT2D eigenvalue weighted by molar-refractivity contribution is 0.0902. The van der Waals surface area contributed by atoms with E-state index in [0.29, 0.717) is 5.76 Å². The first-order chi connectivity index (χ1) is 9.65. The summed E-state index contributed by atoms with van der Waals surface area (Å²) in [5, 5.41) is 7.34. The Morgan fingerprint density at radius 2 is 2.15 bits per heavy atom. The van der Waals surface area contributed by atoms with E-state index in [2.05, 4.69) is 26.6 Å². The van der Waals surface area contributed by atoms with E-state index in [9.17, 15) is 4.79 Å². The van der Waals surface area contributed by atoms with Gasteiger partial charge < -0.3 is 15.1 Å². The Labute approximate surface area is 126 Å². The fourth-order valence-electron chi connectivity index (χ4n) is 2.63. The summed E-state index contributed by atoms with van der Waals surface area (Å²) in [5.74, 6) is 0.318. The van der Waals surface area contributed by atoms with Crippen LogP contribution in [0.5, 0.6) is 0 Å². The van der Waals surface area contributed by atoms with Crippen molar-refractivity contribution in [1.82, 2.24) is 10.6 Å². The maximum Gasteiger partial charge on any atom is 0.287 e. The first-order valence-corrected chi connectivity index (χ1v) is 7.64. The molecule has 3 rings (SSSR count). The fourth-order valence-corrected chi connectivity index (χ4v) is 2.99. The molecule has 0 saturated carbocycles. The Kier molecular flexibility index (Phi) is 3.81. The van der Waals surface area contributed by atoms with Gasteiger partial charge in [0.1, 0.15) is 5.58 Å². The summed E-state index contributed by atoms with van der Waals surface area (Å²) in [6, 6.07) is 6.02. The highest BCUT2D eigenvalue weighted by molar-refractivity contribution is 9.10. The monoisotopic (exact) mass is 336 g/mol. The van der Waals surface area contributed by atoms with Crippen molar-refractivity contribution in [2.24, 2.45) is 0 Å². The minimum absolute atomic E-state index is 0.110. The number of nitrogens with one attached hydrogen (secondary N) is 2.